The Kier molecular flexibility index (Phi) is 5.03. The molecule has 7 nitrogen and oxygen atoms in total. The zero-order valence-corrected chi connectivity index (χ0v) is 19.8. The number of methoxy groups -OCH3 is 1. The number of nitrogens with one attached hydrogen (secondary N) is 1. The summed E-state index contributed by atoms with van der Waals surface area (Å²) < 4.78 is 17.2. The van der Waals surface area contributed by atoms with E-state index in [9.17, 15) is 4.79 Å². The molecule has 0 spiro atoms. The van der Waals surface area contributed by atoms with Crippen LogP contribution in [0, 0.1) is 0 Å². The molecule has 0 bridgehead atoms. The minimum absolute atomic E-state index is 0.0927. The molecule has 6 rings (SSSR count). The first kappa shape index (κ1) is 20.8. The maximum Gasteiger partial charge on any atom is 0.273 e. The average molecular weight is 518 g/mol. The van der Waals surface area contributed by atoms with Crippen LogP contribution in [0.3, 0.4) is 0 Å². The molecule has 170 valence electrons. The van der Waals surface area contributed by atoms with E-state index in [2.05, 4.69) is 26.1 Å². The van der Waals surface area contributed by atoms with Crippen LogP contribution in [0.2, 0.25) is 0 Å². The van der Waals surface area contributed by atoms with Gasteiger partial charge in [0.1, 0.15) is 11.4 Å². The van der Waals surface area contributed by atoms with Gasteiger partial charge in [-0.25, -0.2) is 0 Å². The molecule has 3 aromatic carbocycles. The van der Waals surface area contributed by atoms with Crippen molar-refractivity contribution in [2.75, 3.05) is 13.9 Å². The fourth-order valence-corrected chi connectivity index (χ4v) is 5.00. The Morgan fingerprint density at radius 3 is 2.71 bits per heavy atom. The zero-order valence-electron chi connectivity index (χ0n) is 18.2. The number of hydrogen-bond donors (Lipinski definition) is 1. The van der Waals surface area contributed by atoms with Crippen LogP contribution in [0.5, 0.6) is 17.2 Å². The number of fused-ring (bicyclic) bond motifs is 2. The number of amides is 1. The fraction of sp³-hybridized carbons (Fsp3) is 0.154. The molecule has 2 aliphatic heterocycles. The van der Waals surface area contributed by atoms with E-state index in [-0.39, 0.29) is 18.7 Å². The highest BCUT2D eigenvalue weighted by Crippen LogP contribution is 2.44. The van der Waals surface area contributed by atoms with Crippen molar-refractivity contribution in [1.82, 2.24) is 15.1 Å². The van der Waals surface area contributed by atoms with Crippen molar-refractivity contribution in [3.63, 3.8) is 0 Å². The summed E-state index contributed by atoms with van der Waals surface area (Å²) in [6, 6.07) is 21.2. The highest BCUT2D eigenvalue weighted by atomic mass is 79.9. The van der Waals surface area contributed by atoms with Gasteiger partial charge in [0.2, 0.25) is 6.79 Å². The third-order valence-electron chi connectivity index (χ3n) is 6.18. The molecule has 4 aromatic rings. The third kappa shape index (κ3) is 3.42. The standard InChI is InChI=1S/C26H20BrN3O4/c1-32-19-8-6-16(7-9-19)23-22-24(29-28-23)26(31)30(25(22)17-3-2-4-18(27)12-17)13-15-5-10-20-21(11-15)34-14-33-20/h2-12,25H,13-14H2,1H3,(H,28,29). The Morgan fingerprint density at radius 2 is 1.91 bits per heavy atom. The van der Waals surface area contributed by atoms with E-state index in [4.69, 9.17) is 14.2 Å². The molecule has 34 heavy (non-hydrogen) atoms. The lowest BCUT2D eigenvalue weighted by Crippen LogP contribution is -2.29. The van der Waals surface area contributed by atoms with Gasteiger partial charge >= 0.3 is 0 Å². The Balaban J connectivity index is 1.45. The lowest BCUT2D eigenvalue weighted by Gasteiger charge is -2.27. The first-order chi connectivity index (χ1) is 16.6. The van der Waals surface area contributed by atoms with E-state index in [0.29, 0.717) is 18.0 Å². The molecule has 3 heterocycles. The third-order valence-corrected chi connectivity index (χ3v) is 6.67. The van der Waals surface area contributed by atoms with E-state index in [1.165, 1.54) is 0 Å². The van der Waals surface area contributed by atoms with E-state index < -0.39 is 0 Å². The summed E-state index contributed by atoms with van der Waals surface area (Å²) in [4.78, 5) is 15.5. The average Bonchev–Trinajstić information content (AvgIpc) is 3.56. The summed E-state index contributed by atoms with van der Waals surface area (Å²) in [5, 5.41) is 7.55. The molecular formula is C26H20BrN3O4. The lowest BCUT2D eigenvalue weighted by atomic mass is 9.96. The number of aromatic nitrogens is 2. The summed E-state index contributed by atoms with van der Waals surface area (Å²) in [6.45, 7) is 0.626. The van der Waals surface area contributed by atoms with Crippen molar-refractivity contribution in [2.45, 2.75) is 12.6 Å². The number of carbonyl (C=O) groups is 1. The highest BCUT2D eigenvalue weighted by Gasteiger charge is 2.42. The monoisotopic (exact) mass is 517 g/mol. The van der Waals surface area contributed by atoms with Crippen LogP contribution < -0.4 is 14.2 Å². The molecular weight excluding hydrogens is 498 g/mol. The molecule has 8 heteroatoms. The summed E-state index contributed by atoms with van der Waals surface area (Å²) >= 11 is 3.58. The molecule has 1 unspecified atom stereocenters. The normalized spacial score (nSPS) is 16.1. The van der Waals surface area contributed by atoms with Crippen LogP contribution in [0.1, 0.15) is 33.2 Å². The van der Waals surface area contributed by atoms with Crippen molar-refractivity contribution < 1.29 is 19.0 Å². The molecule has 2 aliphatic rings. The second kappa shape index (κ2) is 8.22. The van der Waals surface area contributed by atoms with Crippen LogP contribution >= 0.6 is 15.9 Å². The second-order valence-corrected chi connectivity index (χ2v) is 9.08. The molecule has 1 atom stereocenters. The topological polar surface area (TPSA) is 76.7 Å². The van der Waals surface area contributed by atoms with Crippen molar-refractivity contribution in [2.24, 2.45) is 0 Å². The zero-order chi connectivity index (χ0) is 23.2. The number of nitrogens with zero attached hydrogens (tertiary/aromatic N) is 2. The predicted octanol–water partition coefficient (Wildman–Crippen LogP) is 5.32. The number of halogens is 1. The van der Waals surface area contributed by atoms with Gasteiger partial charge in [-0.3, -0.25) is 9.89 Å². The Morgan fingerprint density at radius 1 is 1.09 bits per heavy atom. The quantitative estimate of drug-likeness (QED) is 0.387. The number of benzene rings is 3. The van der Waals surface area contributed by atoms with Gasteiger partial charge in [0.05, 0.1) is 18.8 Å². The Labute approximate surface area is 204 Å². The summed E-state index contributed by atoms with van der Waals surface area (Å²) in [5.74, 6) is 2.09. The van der Waals surface area contributed by atoms with E-state index >= 15 is 0 Å². The molecule has 1 amide bonds. The van der Waals surface area contributed by atoms with E-state index in [0.717, 1.165) is 43.9 Å². The van der Waals surface area contributed by atoms with Gasteiger partial charge in [0.15, 0.2) is 11.5 Å². The minimum Gasteiger partial charge on any atom is -0.497 e. The molecule has 0 saturated carbocycles. The van der Waals surface area contributed by atoms with Gasteiger partial charge in [-0.2, -0.15) is 5.10 Å². The van der Waals surface area contributed by atoms with Gasteiger partial charge in [-0.1, -0.05) is 34.1 Å². The molecule has 1 N–H and O–H groups in total. The van der Waals surface area contributed by atoms with Crippen LogP contribution in [-0.4, -0.2) is 34.9 Å². The van der Waals surface area contributed by atoms with Gasteiger partial charge in [0, 0.05) is 22.1 Å². The van der Waals surface area contributed by atoms with E-state index in [1.54, 1.807) is 7.11 Å². The number of hydrogen-bond acceptors (Lipinski definition) is 5. The van der Waals surface area contributed by atoms with Crippen molar-refractivity contribution in [1.29, 1.82) is 0 Å². The molecule has 0 aliphatic carbocycles. The van der Waals surface area contributed by atoms with Crippen molar-refractivity contribution >= 4 is 21.8 Å². The molecule has 1 aromatic heterocycles. The number of aromatic amines is 1. The first-order valence-electron chi connectivity index (χ1n) is 10.8. The van der Waals surface area contributed by atoms with Crippen LogP contribution in [0.15, 0.2) is 71.2 Å². The number of H-pyrrole nitrogens is 1. The number of rotatable bonds is 5. The second-order valence-electron chi connectivity index (χ2n) is 8.17. The Bertz CT molecular complexity index is 1400. The number of carbonyl (C=O) groups excluding carboxylic acids is 1. The van der Waals surface area contributed by atoms with E-state index in [1.807, 2.05) is 71.6 Å². The van der Waals surface area contributed by atoms with Gasteiger partial charge in [0.25, 0.3) is 5.91 Å². The van der Waals surface area contributed by atoms with Crippen LogP contribution in [0.25, 0.3) is 11.3 Å². The van der Waals surface area contributed by atoms with Crippen LogP contribution in [0.4, 0.5) is 0 Å². The minimum atomic E-state index is -0.304. The SMILES string of the molecule is COc1ccc(-c2n[nH]c3c2C(c2cccc(Br)c2)N(Cc2ccc4c(c2)OCO4)C3=O)cc1. The summed E-state index contributed by atoms with van der Waals surface area (Å²) in [7, 11) is 1.64. The fourth-order valence-electron chi connectivity index (χ4n) is 4.59. The lowest BCUT2D eigenvalue weighted by molar-refractivity contribution is 0.0730. The van der Waals surface area contributed by atoms with Crippen LogP contribution in [-0.2, 0) is 6.54 Å². The maximum absolute atomic E-state index is 13.6. The molecule has 0 fully saturated rings. The summed E-state index contributed by atoms with van der Waals surface area (Å²) in [5.41, 5.74) is 5.01. The Hall–Kier alpha value is -3.78. The predicted molar refractivity (Wildman–Crippen MR) is 129 cm³/mol. The van der Waals surface area contributed by atoms with Crippen molar-refractivity contribution in [3.8, 4) is 28.5 Å². The highest BCUT2D eigenvalue weighted by molar-refractivity contribution is 9.10. The first-order valence-corrected chi connectivity index (χ1v) is 11.6. The van der Waals surface area contributed by atoms with Gasteiger partial charge in [-0.15, -0.1) is 0 Å². The van der Waals surface area contributed by atoms with Gasteiger partial charge < -0.3 is 19.1 Å². The smallest absolute Gasteiger partial charge is 0.273 e. The largest absolute Gasteiger partial charge is 0.497 e. The van der Waals surface area contributed by atoms with Crippen molar-refractivity contribution in [3.05, 3.63) is 93.6 Å². The molecule has 0 radical (unpaired) electrons. The maximum atomic E-state index is 13.6. The molecule has 0 saturated heterocycles. The summed E-state index contributed by atoms with van der Waals surface area (Å²) in [6.07, 6.45) is 0. The number of ether oxygens (including phenoxy) is 3. The van der Waals surface area contributed by atoms with Gasteiger partial charge in [-0.05, 0) is 59.7 Å².